The van der Waals surface area contributed by atoms with Gasteiger partial charge in [0.15, 0.2) is 0 Å². The van der Waals surface area contributed by atoms with Crippen LogP contribution in [0.1, 0.15) is 11.1 Å². The molecule has 0 unspecified atom stereocenters. The Bertz CT molecular complexity index is 393. The fraction of sp³-hybridized carbons (Fsp3) is 0.400. The first-order chi connectivity index (χ1) is 7.18. The van der Waals surface area contributed by atoms with Crippen molar-refractivity contribution in [2.24, 2.45) is 0 Å². The number of halogens is 1. The van der Waals surface area contributed by atoms with E-state index in [1.54, 1.807) is 0 Å². The third-order valence-electron chi connectivity index (χ3n) is 2.66. The van der Waals surface area contributed by atoms with Crippen molar-refractivity contribution in [1.29, 1.82) is 0 Å². The van der Waals surface area contributed by atoms with Crippen molar-refractivity contribution in [3.05, 3.63) is 33.8 Å². The summed E-state index contributed by atoms with van der Waals surface area (Å²) in [7, 11) is 0. The topological polar surface area (TPSA) is 38.3 Å². The van der Waals surface area contributed by atoms with E-state index < -0.39 is 0 Å². The first-order valence-electron chi connectivity index (χ1n) is 4.62. The lowest BCUT2D eigenvalue weighted by Gasteiger charge is -2.41. The predicted octanol–water partition coefficient (Wildman–Crippen LogP) is 1.43. The van der Waals surface area contributed by atoms with E-state index >= 15 is 0 Å². The van der Waals surface area contributed by atoms with Crippen LogP contribution >= 0.6 is 15.9 Å². The Morgan fingerprint density at radius 1 is 1.53 bits per heavy atom. The van der Waals surface area contributed by atoms with E-state index in [-0.39, 0.29) is 17.4 Å². The second kappa shape index (κ2) is 4.33. The SMILES string of the molecule is Cc1cc(Br)ccc1C1(N[SH]=O)COC1. The molecule has 2 rings (SSSR count). The molecule has 0 saturated carbocycles. The largest absolute Gasteiger partial charge is 0.377 e. The van der Waals surface area contributed by atoms with E-state index in [1.165, 1.54) is 5.56 Å². The van der Waals surface area contributed by atoms with E-state index in [0.717, 1.165) is 10.0 Å². The molecule has 1 aromatic rings. The number of hydrogen-bond acceptors (Lipinski definition) is 2. The van der Waals surface area contributed by atoms with Gasteiger partial charge in [0.25, 0.3) is 0 Å². The van der Waals surface area contributed by atoms with Gasteiger partial charge in [0.1, 0.15) is 5.54 Å². The van der Waals surface area contributed by atoms with Crippen LogP contribution in [0.3, 0.4) is 0 Å². The molecule has 0 bridgehead atoms. The Balaban J connectivity index is 2.38. The van der Waals surface area contributed by atoms with Gasteiger partial charge in [-0.1, -0.05) is 22.0 Å². The number of benzene rings is 1. The summed E-state index contributed by atoms with van der Waals surface area (Å²) in [4.78, 5) is 0. The minimum Gasteiger partial charge on any atom is -0.377 e. The Labute approximate surface area is 101 Å². The Morgan fingerprint density at radius 3 is 2.73 bits per heavy atom. The number of nitrogens with one attached hydrogen (secondary N) is 1. The highest BCUT2D eigenvalue weighted by molar-refractivity contribution is 9.10. The monoisotopic (exact) mass is 289 g/mol. The van der Waals surface area contributed by atoms with Crippen molar-refractivity contribution < 1.29 is 8.95 Å². The molecule has 0 aromatic heterocycles. The fourth-order valence-corrected chi connectivity index (χ4v) is 2.74. The van der Waals surface area contributed by atoms with Crippen LogP contribution in [0, 0.1) is 6.92 Å². The molecule has 1 saturated heterocycles. The van der Waals surface area contributed by atoms with Gasteiger partial charge in [0, 0.05) is 4.47 Å². The standard InChI is InChI=1S/C10H12BrNO2S/c1-7-4-8(11)2-3-9(7)10(12-15-13)5-14-6-10/h2-4,15H,5-6H2,1H3,(H,12,13). The van der Waals surface area contributed by atoms with E-state index in [2.05, 4.69) is 26.7 Å². The second-order valence-corrected chi connectivity index (χ2v) is 5.06. The lowest BCUT2D eigenvalue weighted by Crippen LogP contribution is -2.56. The van der Waals surface area contributed by atoms with Gasteiger partial charge >= 0.3 is 0 Å². The highest BCUT2D eigenvalue weighted by Crippen LogP contribution is 2.32. The number of ether oxygens (including phenoxy) is 1. The summed E-state index contributed by atoms with van der Waals surface area (Å²) in [5, 5.41) is 0. The van der Waals surface area contributed by atoms with Crippen molar-refractivity contribution in [2.45, 2.75) is 12.5 Å². The normalized spacial score (nSPS) is 18.5. The number of hydrogen-bond donors (Lipinski definition) is 2. The van der Waals surface area contributed by atoms with Crippen LogP contribution in [-0.2, 0) is 22.1 Å². The van der Waals surface area contributed by atoms with Crippen LogP contribution in [0.2, 0.25) is 0 Å². The minimum atomic E-state index is -0.270. The van der Waals surface area contributed by atoms with Crippen LogP contribution < -0.4 is 4.72 Å². The van der Waals surface area contributed by atoms with Gasteiger partial charge in [-0.25, -0.2) is 8.93 Å². The van der Waals surface area contributed by atoms with Crippen LogP contribution in [0.15, 0.2) is 22.7 Å². The first-order valence-corrected chi connectivity index (χ1v) is 6.22. The van der Waals surface area contributed by atoms with Gasteiger partial charge in [-0.3, -0.25) is 0 Å². The average Bonchev–Trinajstić information content (AvgIpc) is 2.12. The van der Waals surface area contributed by atoms with Crippen molar-refractivity contribution in [3.8, 4) is 0 Å². The molecule has 15 heavy (non-hydrogen) atoms. The summed E-state index contributed by atoms with van der Waals surface area (Å²) in [5.41, 5.74) is 2.05. The Morgan fingerprint density at radius 2 is 2.27 bits per heavy atom. The summed E-state index contributed by atoms with van der Waals surface area (Å²) in [6.07, 6.45) is 0. The maximum Gasteiger partial charge on any atom is 0.102 e. The molecule has 0 spiro atoms. The average molecular weight is 290 g/mol. The van der Waals surface area contributed by atoms with Crippen LogP contribution in [0.25, 0.3) is 0 Å². The zero-order chi connectivity index (χ0) is 10.9. The molecule has 3 nitrogen and oxygen atoms in total. The quantitative estimate of drug-likeness (QED) is 0.827. The zero-order valence-corrected chi connectivity index (χ0v) is 10.8. The molecule has 1 aromatic carbocycles. The highest BCUT2D eigenvalue weighted by Gasteiger charge is 2.41. The smallest absolute Gasteiger partial charge is 0.102 e. The molecule has 1 heterocycles. The van der Waals surface area contributed by atoms with Gasteiger partial charge in [0.05, 0.1) is 25.1 Å². The third-order valence-corrected chi connectivity index (χ3v) is 3.67. The van der Waals surface area contributed by atoms with Crippen LogP contribution in [0.4, 0.5) is 0 Å². The van der Waals surface area contributed by atoms with Crippen molar-refractivity contribution in [2.75, 3.05) is 13.2 Å². The van der Waals surface area contributed by atoms with E-state index in [4.69, 9.17) is 4.74 Å². The molecule has 82 valence electrons. The molecule has 0 aliphatic carbocycles. The Kier molecular flexibility index (Phi) is 3.25. The Hall–Kier alpha value is -0.230. The minimum absolute atomic E-state index is 0.0525. The molecular formula is C10H12BrNO2S. The molecule has 0 atom stereocenters. The molecule has 1 aliphatic rings. The van der Waals surface area contributed by atoms with Gasteiger partial charge in [-0.05, 0) is 30.2 Å². The third kappa shape index (κ3) is 2.01. The predicted molar refractivity (Wildman–Crippen MR) is 64.0 cm³/mol. The first kappa shape index (κ1) is 11.3. The molecule has 5 heteroatoms. The van der Waals surface area contributed by atoms with Gasteiger partial charge in [0.2, 0.25) is 0 Å². The number of rotatable bonds is 3. The summed E-state index contributed by atoms with van der Waals surface area (Å²) in [5.74, 6) is 0. The maximum absolute atomic E-state index is 10.7. The van der Waals surface area contributed by atoms with Crippen molar-refractivity contribution in [1.82, 2.24) is 4.72 Å². The van der Waals surface area contributed by atoms with Gasteiger partial charge in [-0.15, -0.1) is 0 Å². The maximum atomic E-state index is 10.7. The van der Waals surface area contributed by atoms with E-state index in [1.807, 2.05) is 19.1 Å². The molecule has 0 radical (unpaired) electrons. The lowest BCUT2D eigenvalue weighted by molar-refractivity contribution is -0.0656. The van der Waals surface area contributed by atoms with Gasteiger partial charge < -0.3 is 4.74 Å². The van der Waals surface area contributed by atoms with Crippen LogP contribution in [-0.4, -0.2) is 17.4 Å². The van der Waals surface area contributed by atoms with Crippen molar-refractivity contribution >= 4 is 27.8 Å². The molecule has 1 N–H and O–H groups in total. The van der Waals surface area contributed by atoms with E-state index in [0.29, 0.717) is 13.2 Å². The molecular weight excluding hydrogens is 278 g/mol. The van der Waals surface area contributed by atoms with E-state index in [9.17, 15) is 4.21 Å². The summed E-state index contributed by atoms with van der Waals surface area (Å²) in [6.45, 7) is 3.19. The molecule has 1 fully saturated rings. The van der Waals surface area contributed by atoms with Crippen molar-refractivity contribution in [3.63, 3.8) is 0 Å². The van der Waals surface area contributed by atoms with Gasteiger partial charge in [-0.2, -0.15) is 0 Å². The number of aryl methyl sites for hydroxylation is 1. The molecule has 0 amide bonds. The summed E-state index contributed by atoms with van der Waals surface area (Å²) in [6, 6.07) is 6.09. The molecule has 1 aliphatic heterocycles. The second-order valence-electron chi connectivity index (χ2n) is 3.74. The van der Waals surface area contributed by atoms with Crippen LogP contribution in [0.5, 0.6) is 0 Å². The number of thiol groups is 1. The lowest BCUT2D eigenvalue weighted by atomic mass is 9.86. The summed E-state index contributed by atoms with van der Waals surface area (Å²) >= 11 is 3.37. The highest BCUT2D eigenvalue weighted by atomic mass is 79.9. The zero-order valence-electron chi connectivity index (χ0n) is 8.29. The fourth-order valence-electron chi connectivity index (χ4n) is 1.84. The summed E-state index contributed by atoms with van der Waals surface area (Å²) < 4.78 is 19.9.